The Morgan fingerprint density at radius 3 is 1.68 bits per heavy atom. The Kier molecular flexibility index (Phi) is 10.2. The van der Waals surface area contributed by atoms with E-state index in [4.69, 9.17) is 32.0 Å². The number of halogens is 3. The highest BCUT2D eigenvalue weighted by atomic mass is 127. The molecular formula is C14H16ClI2N3O8. The Balaban J connectivity index is 3.61. The first-order valence-electron chi connectivity index (χ1n) is 7.54. The summed E-state index contributed by atoms with van der Waals surface area (Å²) in [4.78, 5) is 35.8. The number of benzene rings is 1. The molecule has 0 heterocycles. The standard InChI is InChI=1S/C14H16ClI2N3O8/c15-9-7(13(25)18-5(1-21)2-22)10(16)8(11(17)12(9)20(27)28)14(26)19-6(3-23)4-24/h5-6,21-24H,1-4H2,(H,18,25)(H,19,26). The summed E-state index contributed by atoms with van der Waals surface area (Å²) >= 11 is 9.23. The minimum atomic E-state index is -1.04. The van der Waals surface area contributed by atoms with Gasteiger partial charge in [-0.1, -0.05) is 11.6 Å². The minimum absolute atomic E-state index is 0.0168. The molecule has 156 valence electrons. The van der Waals surface area contributed by atoms with Crippen molar-refractivity contribution in [2.75, 3.05) is 26.4 Å². The molecule has 0 radical (unpaired) electrons. The molecule has 14 heteroatoms. The zero-order valence-electron chi connectivity index (χ0n) is 14.0. The number of nitrogens with one attached hydrogen (secondary N) is 2. The number of rotatable bonds is 9. The topological polar surface area (TPSA) is 182 Å². The van der Waals surface area contributed by atoms with Gasteiger partial charge in [-0.05, 0) is 45.2 Å². The predicted molar refractivity (Wildman–Crippen MR) is 114 cm³/mol. The average molecular weight is 644 g/mol. The second-order valence-electron chi connectivity index (χ2n) is 5.37. The van der Waals surface area contributed by atoms with Gasteiger partial charge in [0, 0.05) is 3.57 Å². The first-order chi connectivity index (χ1) is 13.1. The third-order valence-corrected chi connectivity index (χ3v) is 5.98. The SMILES string of the molecule is O=C(NC(CO)CO)c1c(Cl)c([N+](=O)[O-])c(I)c(C(=O)NC(CO)CO)c1I. The molecule has 2 amide bonds. The van der Waals surface area contributed by atoms with Crippen LogP contribution in [0.5, 0.6) is 0 Å². The molecule has 6 N–H and O–H groups in total. The number of hydrogen-bond acceptors (Lipinski definition) is 8. The number of nitro groups is 1. The summed E-state index contributed by atoms with van der Waals surface area (Å²) in [6.45, 7) is -2.34. The van der Waals surface area contributed by atoms with Crippen molar-refractivity contribution in [1.29, 1.82) is 0 Å². The highest BCUT2D eigenvalue weighted by Gasteiger charge is 2.34. The van der Waals surface area contributed by atoms with Gasteiger partial charge in [0.1, 0.15) is 8.59 Å². The normalized spacial score (nSPS) is 11.0. The molecule has 0 fully saturated rings. The van der Waals surface area contributed by atoms with Crippen LogP contribution in [0.1, 0.15) is 20.7 Å². The summed E-state index contributed by atoms with van der Waals surface area (Å²) in [7, 11) is 0. The number of aliphatic hydroxyl groups is 4. The van der Waals surface area contributed by atoms with E-state index in [0.717, 1.165) is 0 Å². The highest BCUT2D eigenvalue weighted by Crippen LogP contribution is 2.39. The van der Waals surface area contributed by atoms with Gasteiger partial charge in [-0.15, -0.1) is 0 Å². The Labute approximate surface area is 190 Å². The zero-order chi connectivity index (χ0) is 21.6. The van der Waals surface area contributed by atoms with Gasteiger partial charge >= 0.3 is 5.69 Å². The number of hydrogen-bond donors (Lipinski definition) is 6. The van der Waals surface area contributed by atoms with Crippen LogP contribution in [0, 0.1) is 17.3 Å². The van der Waals surface area contributed by atoms with Gasteiger partial charge in [-0.3, -0.25) is 19.7 Å². The second kappa shape index (κ2) is 11.4. The Morgan fingerprint density at radius 2 is 1.32 bits per heavy atom. The Hall–Kier alpha value is -0.850. The van der Waals surface area contributed by atoms with E-state index in [0.29, 0.717) is 0 Å². The molecule has 0 bridgehead atoms. The predicted octanol–water partition coefficient (Wildman–Crippen LogP) is -0.377. The molecule has 28 heavy (non-hydrogen) atoms. The molecule has 0 aromatic heterocycles. The van der Waals surface area contributed by atoms with Gasteiger partial charge in [0.05, 0.1) is 54.6 Å². The molecule has 0 saturated heterocycles. The van der Waals surface area contributed by atoms with Crippen molar-refractivity contribution in [3.63, 3.8) is 0 Å². The van der Waals surface area contributed by atoms with Gasteiger partial charge in [-0.2, -0.15) is 0 Å². The van der Waals surface area contributed by atoms with Crippen molar-refractivity contribution in [2.45, 2.75) is 12.1 Å². The van der Waals surface area contributed by atoms with Crippen molar-refractivity contribution >= 4 is 74.3 Å². The van der Waals surface area contributed by atoms with Crippen molar-refractivity contribution in [1.82, 2.24) is 10.6 Å². The van der Waals surface area contributed by atoms with E-state index in [2.05, 4.69) is 10.6 Å². The molecular weight excluding hydrogens is 627 g/mol. The summed E-state index contributed by atoms with van der Waals surface area (Å²) in [5.41, 5.74) is -1.29. The maximum atomic E-state index is 12.6. The maximum Gasteiger partial charge on any atom is 0.302 e. The van der Waals surface area contributed by atoms with Gasteiger partial charge in [0.15, 0.2) is 0 Å². The fourth-order valence-corrected chi connectivity index (χ4v) is 5.21. The molecule has 0 saturated carbocycles. The minimum Gasteiger partial charge on any atom is -0.394 e. The number of nitrogens with zero attached hydrogens (tertiary/aromatic N) is 1. The van der Waals surface area contributed by atoms with Crippen LogP contribution < -0.4 is 10.6 Å². The van der Waals surface area contributed by atoms with Gasteiger partial charge in [-0.25, -0.2) is 0 Å². The third-order valence-electron chi connectivity index (χ3n) is 3.48. The number of carbonyl (C=O) groups excluding carboxylic acids is 2. The summed E-state index contributed by atoms with van der Waals surface area (Å²) in [6, 6.07) is -2.05. The van der Waals surface area contributed by atoms with Crippen molar-refractivity contribution in [3.05, 3.63) is 33.4 Å². The van der Waals surface area contributed by atoms with Crippen molar-refractivity contribution in [2.24, 2.45) is 0 Å². The maximum absolute atomic E-state index is 12.6. The lowest BCUT2D eigenvalue weighted by Crippen LogP contribution is -2.42. The van der Waals surface area contributed by atoms with Crippen molar-refractivity contribution < 1.29 is 34.9 Å². The number of aliphatic hydroxyl groups excluding tert-OH is 4. The van der Waals surface area contributed by atoms with E-state index >= 15 is 0 Å². The van der Waals surface area contributed by atoms with Crippen LogP contribution in [0.25, 0.3) is 0 Å². The zero-order valence-corrected chi connectivity index (χ0v) is 19.1. The first kappa shape index (κ1) is 25.2. The molecule has 0 unspecified atom stereocenters. The molecule has 0 aliphatic heterocycles. The van der Waals surface area contributed by atoms with Crippen LogP contribution in [0.4, 0.5) is 5.69 Å². The first-order valence-corrected chi connectivity index (χ1v) is 10.1. The fraction of sp³-hybridized carbons (Fsp3) is 0.429. The van der Waals surface area contributed by atoms with E-state index in [1.54, 1.807) is 45.2 Å². The van der Waals surface area contributed by atoms with Crippen LogP contribution in [0.2, 0.25) is 5.02 Å². The van der Waals surface area contributed by atoms with Crippen LogP contribution in [0.15, 0.2) is 0 Å². The second-order valence-corrected chi connectivity index (χ2v) is 7.90. The van der Waals surface area contributed by atoms with E-state index < -0.39 is 66.0 Å². The summed E-state index contributed by atoms with van der Waals surface area (Å²) in [6.07, 6.45) is 0. The van der Waals surface area contributed by atoms with E-state index in [1.807, 2.05) is 0 Å². The number of carbonyl (C=O) groups is 2. The third kappa shape index (κ3) is 5.61. The molecule has 0 atom stereocenters. The van der Waals surface area contributed by atoms with Gasteiger partial charge in [0.2, 0.25) is 0 Å². The highest BCUT2D eigenvalue weighted by molar-refractivity contribution is 14.1. The quantitative estimate of drug-likeness (QED) is 0.120. The lowest BCUT2D eigenvalue weighted by atomic mass is 10.1. The van der Waals surface area contributed by atoms with E-state index in [1.165, 1.54) is 0 Å². The molecule has 1 rings (SSSR count). The van der Waals surface area contributed by atoms with Crippen LogP contribution in [-0.4, -0.2) is 75.7 Å². The van der Waals surface area contributed by atoms with E-state index in [9.17, 15) is 19.7 Å². The van der Waals surface area contributed by atoms with Crippen LogP contribution in [0.3, 0.4) is 0 Å². The molecule has 11 nitrogen and oxygen atoms in total. The smallest absolute Gasteiger partial charge is 0.302 e. The van der Waals surface area contributed by atoms with Crippen LogP contribution in [-0.2, 0) is 0 Å². The summed E-state index contributed by atoms with van der Waals surface area (Å²) in [5, 5.41) is 52.0. The van der Waals surface area contributed by atoms with Crippen molar-refractivity contribution in [3.8, 4) is 0 Å². The lowest BCUT2D eigenvalue weighted by molar-refractivity contribution is -0.385. The molecule has 1 aromatic rings. The molecule has 0 aliphatic rings. The van der Waals surface area contributed by atoms with E-state index in [-0.39, 0.29) is 18.3 Å². The fourth-order valence-electron chi connectivity index (χ4n) is 2.02. The Morgan fingerprint density at radius 1 is 0.929 bits per heavy atom. The molecule has 1 aromatic carbocycles. The monoisotopic (exact) mass is 643 g/mol. The molecule has 0 aliphatic carbocycles. The average Bonchev–Trinajstić information content (AvgIpc) is 2.63. The lowest BCUT2D eigenvalue weighted by Gasteiger charge is -2.19. The molecule has 0 spiro atoms. The van der Waals surface area contributed by atoms with Gasteiger partial charge < -0.3 is 31.1 Å². The summed E-state index contributed by atoms with van der Waals surface area (Å²) in [5.74, 6) is -1.80. The van der Waals surface area contributed by atoms with Crippen LogP contribution >= 0.6 is 56.8 Å². The van der Waals surface area contributed by atoms with Gasteiger partial charge in [0.25, 0.3) is 11.8 Å². The number of amides is 2. The summed E-state index contributed by atoms with van der Waals surface area (Å²) < 4.78 is -0.154. The largest absolute Gasteiger partial charge is 0.394 e. The number of nitro benzene ring substituents is 1. The Bertz CT molecular complexity index is 718.